The molecule has 0 aliphatic rings. The number of halogens is 1. The van der Waals surface area contributed by atoms with Gasteiger partial charge in [-0.25, -0.2) is 4.98 Å². The molecule has 1 N–H and O–H groups in total. The molecule has 0 aliphatic carbocycles. The second-order valence-corrected chi connectivity index (χ2v) is 5.25. The molecule has 0 radical (unpaired) electrons. The van der Waals surface area contributed by atoms with Crippen molar-refractivity contribution in [2.45, 2.75) is 17.6 Å². The molecule has 12 heavy (non-hydrogen) atoms. The molecular weight excluding hydrogens is 309 g/mol. The molecule has 0 saturated carbocycles. The summed E-state index contributed by atoms with van der Waals surface area (Å²) in [5, 5.41) is 9.36. The Morgan fingerprint density at radius 2 is 2.42 bits per heavy atom. The van der Waals surface area contributed by atoms with E-state index in [0.29, 0.717) is 0 Å². The summed E-state index contributed by atoms with van der Waals surface area (Å²) in [6.45, 7) is 1.87. The molecule has 0 aliphatic heterocycles. The van der Waals surface area contributed by atoms with Gasteiger partial charge < -0.3 is 9.84 Å². The third-order valence-electron chi connectivity index (χ3n) is 1.33. The van der Waals surface area contributed by atoms with E-state index in [-0.39, 0.29) is 0 Å². The molecule has 68 valence electrons. The van der Waals surface area contributed by atoms with Crippen LogP contribution in [0.1, 0.15) is 16.9 Å². The molecule has 1 aromatic heterocycles. The highest BCUT2D eigenvalue weighted by Gasteiger charge is 2.14. The highest BCUT2D eigenvalue weighted by Crippen LogP contribution is 2.34. The van der Waals surface area contributed by atoms with Crippen molar-refractivity contribution >= 4 is 41.5 Å². The number of hydrogen-bond donors (Lipinski definition) is 1. The Hall–Kier alpha value is 0.630. The van der Waals surface area contributed by atoms with Crippen molar-refractivity contribution < 1.29 is 9.84 Å². The SMILES string of the molecule is COC(O)c1sc(SI)nc1C. The van der Waals surface area contributed by atoms with Crippen molar-refractivity contribution in [3.8, 4) is 0 Å². The van der Waals surface area contributed by atoms with Crippen LogP contribution in [0.4, 0.5) is 0 Å². The van der Waals surface area contributed by atoms with Crippen molar-refractivity contribution in [1.29, 1.82) is 0 Å². The number of aliphatic hydroxyl groups excluding tert-OH is 1. The van der Waals surface area contributed by atoms with Gasteiger partial charge in [0.2, 0.25) is 0 Å². The Labute approximate surface area is 91.1 Å². The molecule has 0 amide bonds. The van der Waals surface area contributed by atoms with E-state index in [9.17, 15) is 5.11 Å². The first-order valence-electron chi connectivity index (χ1n) is 3.15. The maximum atomic E-state index is 9.36. The number of methoxy groups -OCH3 is 1. The minimum Gasteiger partial charge on any atom is -0.364 e. The van der Waals surface area contributed by atoms with Crippen LogP contribution in [0.15, 0.2) is 4.34 Å². The summed E-state index contributed by atoms with van der Waals surface area (Å²) in [6.07, 6.45) is -0.834. The molecule has 1 heterocycles. The van der Waals surface area contributed by atoms with E-state index in [4.69, 9.17) is 4.74 Å². The quantitative estimate of drug-likeness (QED) is 0.687. The first-order valence-corrected chi connectivity index (χ1v) is 7.33. The third kappa shape index (κ3) is 2.32. The van der Waals surface area contributed by atoms with Gasteiger partial charge in [-0.2, -0.15) is 0 Å². The third-order valence-corrected chi connectivity index (χ3v) is 5.18. The summed E-state index contributed by atoms with van der Waals surface area (Å²) in [5.41, 5.74) is 0.841. The van der Waals surface area contributed by atoms with Crippen LogP contribution in [0.25, 0.3) is 0 Å². The molecular formula is C6H8INO2S2. The average Bonchev–Trinajstić information content (AvgIpc) is 2.45. The Balaban J connectivity index is 2.91. The molecule has 6 heteroatoms. The Morgan fingerprint density at radius 3 is 2.83 bits per heavy atom. The fourth-order valence-electron chi connectivity index (χ4n) is 0.752. The standard InChI is InChI=1S/C6H8INO2S2/c1-3-4(5(9)10-2)11-6(8-3)12-7/h5,9H,1-2H3. The normalized spacial score (nSPS) is 13.3. The van der Waals surface area contributed by atoms with Crippen molar-refractivity contribution in [3.63, 3.8) is 0 Å². The number of rotatable bonds is 3. The molecule has 0 bridgehead atoms. The van der Waals surface area contributed by atoms with Crippen LogP contribution in [-0.4, -0.2) is 17.2 Å². The van der Waals surface area contributed by atoms with Crippen LogP contribution in [-0.2, 0) is 4.74 Å². The summed E-state index contributed by atoms with van der Waals surface area (Å²) < 4.78 is 5.73. The lowest BCUT2D eigenvalue weighted by molar-refractivity contribution is -0.0748. The lowest BCUT2D eigenvalue weighted by Crippen LogP contribution is -1.98. The van der Waals surface area contributed by atoms with Crippen molar-refractivity contribution in [2.24, 2.45) is 0 Å². The summed E-state index contributed by atoms with van der Waals surface area (Å²) in [6, 6.07) is 0. The van der Waals surface area contributed by atoms with E-state index in [1.165, 1.54) is 18.4 Å². The van der Waals surface area contributed by atoms with Gasteiger partial charge in [0.1, 0.15) is 0 Å². The summed E-state index contributed by atoms with van der Waals surface area (Å²) in [5.74, 6) is 0. The van der Waals surface area contributed by atoms with Gasteiger partial charge in [-0.3, -0.25) is 0 Å². The maximum absolute atomic E-state index is 9.36. The largest absolute Gasteiger partial charge is 0.364 e. The van der Waals surface area contributed by atoms with Gasteiger partial charge in [0, 0.05) is 28.3 Å². The van der Waals surface area contributed by atoms with E-state index in [0.717, 1.165) is 14.9 Å². The molecule has 1 aromatic rings. The number of hydrogen-bond acceptors (Lipinski definition) is 5. The number of thiazole rings is 1. The predicted octanol–water partition coefficient (Wildman–Crippen LogP) is 2.53. The predicted molar refractivity (Wildman–Crippen MR) is 58.7 cm³/mol. The maximum Gasteiger partial charge on any atom is 0.192 e. The second-order valence-electron chi connectivity index (χ2n) is 2.09. The zero-order chi connectivity index (χ0) is 9.14. The van der Waals surface area contributed by atoms with Crippen molar-refractivity contribution in [1.82, 2.24) is 4.98 Å². The van der Waals surface area contributed by atoms with Gasteiger partial charge >= 0.3 is 0 Å². The summed E-state index contributed by atoms with van der Waals surface area (Å²) in [7, 11) is 3.02. The minimum atomic E-state index is -0.834. The highest BCUT2D eigenvalue weighted by molar-refractivity contribution is 14.2. The fourth-order valence-corrected chi connectivity index (χ4v) is 3.18. The van der Waals surface area contributed by atoms with Crippen LogP contribution < -0.4 is 0 Å². The minimum absolute atomic E-state index is 0.789. The molecule has 0 spiro atoms. The van der Waals surface area contributed by atoms with E-state index in [2.05, 4.69) is 26.2 Å². The van der Waals surface area contributed by atoms with Gasteiger partial charge in [0.05, 0.1) is 10.6 Å². The van der Waals surface area contributed by atoms with Crippen LogP contribution in [0, 0.1) is 6.92 Å². The number of aryl methyl sites for hydroxylation is 1. The van der Waals surface area contributed by atoms with Gasteiger partial charge in [0.15, 0.2) is 10.6 Å². The first-order chi connectivity index (χ1) is 5.69. The van der Waals surface area contributed by atoms with E-state index < -0.39 is 6.29 Å². The van der Waals surface area contributed by atoms with E-state index >= 15 is 0 Å². The zero-order valence-corrected chi connectivity index (χ0v) is 10.4. The molecule has 0 saturated heterocycles. The molecule has 1 unspecified atom stereocenters. The van der Waals surface area contributed by atoms with Gasteiger partial charge in [-0.15, -0.1) is 11.3 Å². The number of nitrogens with zero attached hydrogens (tertiary/aromatic N) is 1. The smallest absolute Gasteiger partial charge is 0.192 e. The van der Waals surface area contributed by atoms with E-state index in [1.807, 2.05) is 6.92 Å². The molecule has 3 nitrogen and oxygen atoms in total. The zero-order valence-electron chi connectivity index (χ0n) is 6.57. The monoisotopic (exact) mass is 317 g/mol. The Kier molecular flexibility index (Phi) is 4.24. The molecule has 0 aromatic carbocycles. The molecule has 0 fully saturated rings. The van der Waals surface area contributed by atoms with Crippen molar-refractivity contribution in [2.75, 3.05) is 7.11 Å². The van der Waals surface area contributed by atoms with Crippen LogP contribution in [0.2, 0.25) is 0 Å². The highest BCUT2D eigenvalue weighted by atomic mass is 127. The van der Waals surface area contributed by atoms with Crippen LogP contribution >= 0.6 is 41.5 Å². The number of aliphatic hydroxyl groups is 1. The first kappa shape index (κ1) is 10.7. The Morgan fingerprint density at radius 1 is 1.75 bits per heavy atom. The van der Waals surface area contributed by atoms with Gasteiger partial charge in [-0.05, 0) is 15.9 Å². The van der Waals surface area contributed by atoms with Crippen LogP contribution in [0.5, 0.6) is 0 Å². The average molecular weight is 317 g/mol. The molecule has 1 atom stereocenters. The fraction of sp³-hybridized carbons (Fsp3) is 0.500. The summed E-state index contributed by atoms with van der Waals surface area (Å²) >= 11 is 3.62. The number of ether oxygens (including phenoxy) is 1. The van der Waals surface area contributed by atoms with Gasteiger partial charge in [-0.1, -0.05) is 0 Å². The van der Waals surface area contributed by atoms with E-state index in [1.54, 1.807) is 8.93 Å². The topological polar surface area (TPSA) is 42.4 Å². The lowest BCUT2D eigenvalue weighted by atomic mass is 10.4. The summed E-state index contributed by atoms with van der Waals surface area (Å²) in [4.78, 5) is 5.02. The number of aromatic nitrogens is 1. The molecule has 1 rings (SSSR count). The Bertz CT molecular complexity index is 266. The van der Waals surface area contributed by atoms with Crippen molar-refractivity contribution in [3.05, 3.63) is 10.6 Å². The van der Waals surface area contributed by atoms with Crippen LogP contribution in [0.3, 0.4) is 0 Å². The lowest BCUT2D eigenvalue weighted by Gasteiger charge is -2.04. The van der Waals surface area contributed by atoms with Gasteiger partial charge in [0.25, 0.3) is 0 Å². The second kappa shape index (κ2) is 4.75.